The summed E-state index contributed by atoms with van der Waals surface area (Å²) in [4.78, 5) is 4.90. The van der Waals surface area contributed by atoms with Crippen LogP contribution < -0.4 is 0 Å². The summed E-state index contributed by atoms with van der Waals surface area (Å²) in [6, 6.07) is 0. The first kappa shape index (κ1) is 10.3. The smallest absolute Gasteiger partial charge is 0.0880 e. The van der Waals surface area contributed by atoms with Crippen molar-refractivity contribution < 1.29 is 0 Å². The van der Waals surface area contributed by atoms with E-state index in [1.165, 1.54) is 44.9 Å². The molecule has 0 amide bonds. The summed E-state index contributed by atoms with van der Waals surface area (Å²) in [6.07, 6.45) is 20.3. The Hall–Kier alpha value is -0.850. The summed E-state index contributed by atoms with van der Waals surface area (Å²) in [7, 11) is 0. The highest BCUT2D eigenvalue weighted by molar-refractivity contribution is 5.73. The van der Waals surface area contributed by atoms with Crippen LogP contribution in [-0.4, -0.2) is 11.8 Å². The first-order chi connectivity index (χ1) is 7.92. The number of hydrogen-bond donors (Lipinski definition) is 0. The molecule has 1 radical (unpaired) electrons. The fourth-order valence-corrected chi connectivity index (χ4v) is 3.17. The van der Waals surface area contributed by atoms with E-state index in [2.05, 4.69) is 24.3 Å². The molecule has 0 aromatic rings. The molecule has 0 saturated heterocycles. The fraction of sp³-hybridized carbons (Fsp3) is 0.600. The maximum absolute atomic E-state index is 4.90. The SMILES string of the molecule is C1=CC=NC([C]2CCCCC2)(C2CC2)C=C1. The highest BCUT2D eigenvalue weighted by Crippen LogP contribution is 2.52. The summed E-state index contributed by atoms with van der Waals surface area (Å²) >= 11 is 0. The Labute approximate surface area is 98.3 Å². The molecule has 0 N–H and O–H groups in total. The summed E-state index contributed by atoms with van der Waals surface area (Å²) in [6.45, 7) is 0. The van der Waals surface area contributed by atoms with Crippen LogP contribution in [0, 0.1) is 11.8 Å². The van der Waals surface area contributed by atoms with Crippen LogP contribution in [-0.2, 0) is 0 Å². The van der Waals surface area contributed by atoms with Crippen molar-refractivity contribution >= 4 is 6.21 Å². The molecule has 0 aromatic carbocycles. The topological polar surface area (TPSA) is 12.4 Å². The molecule has 0 bridgehead atoms. The molecule has 2 aliphatic carbocycles. The van der Waals surface area contributed by atoms with Gasteiger partial charge in [-0.25, -0.2) is 0 Å². The van der Waals surface area contributed by atoms with E-state index in [-0.39, 0.29) is 5.54 Å². The van der Waals surface area contributed by atoms with Crippen molar-refractivity contribution in [1.82, 2.24) is 0 Å². The van der Waals surface area contributed by atoms with Gasteiger partial charge in [0.05, 0.1) is 5.54 Å². The molecule has 1 unspecified atom stereocenters. The van der Waals surface area contributed by atoms with Crippen molar-refractivity contribution in [3.05, 3.63) is 30.2 Å². The molecule has 1 heteroatoms. The maximum Gasteiger partial charge on any atom is 0.0880 e. The zero-order chi connectivity index (χ0) is 10.8. The molecule has 1 nitrogen and oxygen atoms in total. The molecule has 16 heavy (non-hydrogen) atoms. The van der Waals surface area contributed by atoms with Crippen LogP contribution >= 0.6 is 0 Å². The van der Waals surface area contributed by atoms with Crippen molar-refractivity contribution in [2.24, 2.45) is 10.9 Å². The van der Waals surface area contributed by atoms with Crippen LogP contribution in [0.4, 0.5) is 0 Å². The van der Waals surface area contributed by atoms with Gasteiger partial charge >= 0.3 is 0 Å². The Morgan fingerprint density at radius 1 is 1.00 bits per heavy atom. The molecule has 0 spiro atoms. The monoisotopic (exact) mass is 214 g/mol. The Balaban J connectivity index is 1.89. The van der Waals surface area contributed by atoms with Crippen LogP contribution in [0.2, 0.25) is 0 Å². The lowest BCUT2D eigenvalue weighted by atomic mass is 9.72. The quantitative estimate of drug-likeness (QED) is 0.661. The van der Waals surface area contributed by atoms with Crippen LogP contribution in [0.1, 0.15) is 44.9 Å². The summed E-state index contributed by atoms with van der Waals surface area (Å²) in [5.41, 5.74) is 0.0872. The Kier molecular flexibility index (Phi) is 2.70. The van der Waals surface area contributed by atoms with Crippen molar-refractivity contribution in [1.29, 1.82) is 0 Å². The van der Waals surface area contributed by atoms with Crippen LogP contribution in [0.3, 0.4) is 0 Å². The molecule has 2 fully saturated rings. The third-order valence-corrected chi connectivity index (χ3v) is 4.17. The van der Waals surface area contributed by atoms with E-state index in [1.807, 2.05) is 6.21 Å². The van der Waals surface area contributed by atoms with E-state index in [0.717, 1.165) is 5.92 Å². The van der Waals surface area contributed by atoms with Gasteiger partial charge in [0.15, 0.2) is 0 Å². The van der Waals surface area contributed by atoms with E-state index >= 15 is 0 Å². The predicted molar refractivity (Wildman–Crippen MR) is 68.6 cm³/mol. The molecule has 1 heterocycles. The second-order valence-corrected chi connectivity index (χ2v) is 5.29. The lowest BCUT2D eigenvalue weighted by molar-refractivity contribution is 0.385. The zero-order valence-corrected chi connectivity index (χ0v) is 9.86. The molecule has 1 aliphatic heterocycles. The fourth-order valence-electron chi connectivity index (χ4n) is 3.17. The van der Waals surface area contributed by atoms with Gasteiger partial charge in [0, 0.05) is 12.1 Å². The van der Waals surface area contributed by atoms with Gasteiger partial charge in [-0.15, -0.1) is 0 Å². The molecular formula is C15H20N. The van der Waals surface area contributed by atoms with Crippen LogP contribution in [0.15, 0.2) is 29.3 Å². The second-order valence-electron chi connectivity index (χ2n) is 5.29. The number of hydrogen-bond acceptors (Lipinski definition) is 1. The van der Waals surface area contributed by atoms with E-state index in [0.29, 0.717) is 0 Å². The molecule has 3 aliphatic rings. The minimum absolute atomic E-state index is 0.0872. The Bertz CT molecular complexity index is 311. The van der Waals surface area contributed by atoms with Gasteiger partial charge < -0.3 is 0 Å². The molecule has 0 aromatic heterocycles. The number of rotatable bonds is 2. The summed E-state index contributed by atoms with van der Waals surface area (Å²) in [5.74, 6) is 2.51. The van der Waals surface area contributed by atoms with Gasteiger partial charge in [-0.3, -0.25) is 4.99 Å². The lowest BCUT2D eigenvalue weighted by Gasteiger charge is -2.37. The number of allylic oxidation sites excluding steroid dienone is 3. The summed E-state index contributed by atoms with van der Waals surface area (Å²) < 4.78 is 0. The van der Waals surface area contributed by atoms with Gasteiger partial charge in [-0.1, -0.05) is 37.5 Å². The van der Waals surface area contributed by atoms with Crippen molar-refractivity contribution in [2.45, 2.75) is 50.5 Å². The van der Waals surface area contributed by atoms with Crippen molar-refractivity contribution in [3.8, 4) is 0 Å². The normalized spacial score (nSPS) is 35.2. The number of aliphatic imine (C=N–C) groups is 1. The van der Waals surface area contributed by atoms with E-state index in [1.54, 1.807) is 5.92 Å². The summed E-state index contributed by atoms with van der Waals surface area (Å²) in [5, 5.41) is 0. The minimum atomic E-state index is 0.0872. The van der Waals surface area contributed by atoms with Gasteiger partial charge in [0.25, 0.3) is 0 Å². The van der Waals surface area contributed by atoms with Gasteiger partial charge in [0.2, 0.25) is 0 Å². The van der Waals surface area contributed by atoms with Gasteiger partial charge in [-0.05, 0) is 37.7 Å². The van der Waals surface area contributed by atoms with Crippen molar-refractivity contribution in [3.63, 3.8) is 0 Å². The molecule has 85 valence electrons. The number of nitrogens with zero attached hydrogens (tertiary/aromatic N) is 1. The average Bonchev–Trinajstić information content (AvgIpc) is 3.17. The second kappa shape index (κ2) is 4.20. The van der Waals surface area contributed by atoms with Gasteiger partial charge in [0.1, 0.15) is 0 Å². The highest BCUT2D eigenvalue weighted by Gasteiger charge is 2.48. The third kappa shape index (κ3) is 1.77. The highest BCUT2D eigenvalue weighted by atomic mass is 14.9. The molecule has 2 saturated carbocycles. The standard InChI is InChI=1S/C15H20N/c1-3-7-13(8-4-1)15(14-9-10-14)11-5-2-6-12-16-15/h2,5-6,11-12,14H,1,3-4,7-10H2. The third-order valence-electron chi connectivity index (χ3n) is 4.17. The molecule has 1 atom stereocenters. The maximum atomic E-state index is 4.90. The molecule has 3 rings (SSSR count). The van der Waals surface area contributed by atoms with E-state index in [9.17, 15) is 0 Å². The lowest BCUT2D eigenvalue weighted by Crippen LogP contribution is -2.36. The van der Waals surface area contributed by atoms with Crippen molar-refractivity contribution in [2.75, 3.05) is 0 Å². The van der Waals surface area contributed by atoms with E-state index < -0.39 is 0 Å². The Morgan fingerprint density at radius 3 is 2.56 bits per heavy atom. The first-order valence-electron chi connectivity index (χ1n) is 6.67. The van der Waals surface area contributed by atoms with E-state index in [4.69, 9.17) is 4.99 Å². The Morgan fingerprint density at radius 2 is 1.81 bits per heavy atom. The largest absolute Gasteiger partial charge is 0.281 e. The van der Waals surface area contributed by atoms with Crippen LogP contribution in [0.5, 0.6) is 0 Å². The zero-order valence-electron chi connectivity index (χ0n) is 9.86. The molecular weight excluding hydrogens is 194 g/mol. The predicted octanol–water partition coefficient (Wildman–Crippen LogP) is 3.87. The average molecular weight is 214 g/mol. The van der Waals surface area contributed by atoms with Gasteiger partial charge in [-0.2, -0.15) is 0 Å². The minimum Gasteiger partial charge on any atom is -0.281 e. The van der Waals surface area contributed by atoms with Crippen LogP contribution in [0.25, 0.3) is 0 Å². The first-order valence-corrected chi connectivity index (χ1v) is 6.67.